The number of nitrogens with two attached hydrogens (primary N) is 1. The van der Waals surface area contributed by atoms with Gasteiger partial charge in [-0.25, -0.2) is 0 Å². The minimum Gasteiger partial charge on any atom is -0.324 e. The summed E-state index contributed by atoms with van der Waals surface area (Å²) >= 11 is 0. The second-order valence-corrected chi connectivity index (χ2v) is 13.0. The van der Waals surface area contributed by atoms with Gasteiger partial charge < -0.3 is 21.7 Å². The standard InChI is InChI=1S/C24H48N4/c1-20(2)13-18(14-21(3,4)27-20)24(25,17-9-11-26-12-10-17)19-15-22(5,6)28-23(7,8)16-19/h17-19,26-28H,9-16,25H2,1-8H3. The van der Waals surface area contributed by atoms with Crippen LogP contribution >= 0.6 is 0 Å². The van der Waals surface area contributed by atoms with Gasteiger partial charge in [-0.05, 0) is 125 Å². The van der Waals surface area contributed by atoms with Crippen LogP contribution in [0.3, 0.4) is 0 Å². The molecule has 0 saturated carbocycles. The molecular weight excluding hydrogens is 344 g/mol. The third kappa shape index (κ3) is 4.77. The van der Waals surface area contributed by atoms with Crippen molar-refractivity contribution in [3.05, 3.63) is 0 Å². The summed E-state index contributed by atoms with van der Waals surface area (Å²) in [4.78, 5) is 0. The number of nitrogens with one attached hydrogen (secondary N) is 3. The van der Waals surface area contributed by atoms with E-state index >= 15 is 0 Å². The van der Waals surface area contributed by atoms with Crippen molar-refractivity contribution in [2.45, 2.75) is 122 Å². The third-order valence-corrected chi connectivity index (χ3v) is 7.84. The van der Waals surface area contributed by atoms with Crippen molar-refractivity contribution in [3.63, 3.8) is 0 Å². The van der Waals surface area contributed by atoms with Gasteiger partial charge in [0.1, 0.15) is 0 Å². The lowest BCUT2D eigenvalue weighted by Gasteiger charge is -2.60. The molecule has 3 aliphatic heterocycles. The van der Waals surface area contributed by atoms with Crippen LogP contribution in [-0.4, -0.2) is 40.8 Å². The molecule has 3 rings (SSSR count). The molecule has 3 aliphatic rings. The molecule has 4 nitrogen and oxygen atoms in total. The van der Waals surface area contributed by atoms with Crippen molar-refractivity contribution < 1.29 is 0 Å². The van der Waals surface area contributed by atoms with Gasteiger partial charge in [0.2, 0.25) is 0 Å². The van der Waals surface area contributed by atoms with E-state index in [1.54, 1.807) is 0 Å². The summed E-state index contributed by atoms with van der Waals surface area (Å²) in [7, 11) is 0. The molecule has 0 aromatic carbocycles. The Kier molecular flexibility index (Phi) is 5.80. The maximum Gasteiger partial charge on any atom is 0.0243 e. The number of piperidine rings is 3. The van der Waals surface area contributed by atoms with Crippen LogP contribution in [0.5, 0.6) is 0 Å². The molecular formula is C24H48N4. The Morgan fingerprint density at radius 2 is 0.929 bits per heavy atom. The second kappa shape index (κ2) is 7.21. The fourth-order valence-corrected chi connectivity index (χ4v) is 7.67. The summed E-state index contributed by atoms with van der Waals surface area (Å²) in [5.41, 5.74) is 8.20. The van der Waals surface area contributed by atoms with Crippen molar-refractivity contribution >= 4 is 0 Å². The zero-order valence-electron chi connectivity index (χ0n) is 20.0. The van der Waals surface area contributed by atoms with Crippen LogP contribution in [0.2, 0.25) is 0 Å². The molecule has 164 valence electrons. The Hall–Kier alpha value is -0.160. The zero-order valence-corrected chi connectivity index (χ0v) is 20.0. The largest absolute Gasteiger partial charge is 0.324 e. The van der Waals surface area contributed by atoms with Crippen LogP contribution in [0.1, 0.15) is 93.9 Å². The molecule has 3 fully saturated rings. The first-order valence-electron chi connectivity index (χ1n) is 11.7. The Balaban J connectivity index is 2.00. The van der Waals surface area contributed by atoms with Crippen molar-refractivity contribution in [1.29, 1.82) is 0 Å². The van der Waals surface area contributed by atoms with Gasteiger partial charge >= 0.3 is 0 Å². The summed E-state index contributed by atoms with van der Waals surface area (Å²) in [6.45, 7) is 21.2. The summed E-state index contributed by atoms with van der Waals surface area (Å²) < 4.78 is 0. The minimum atomic E-state index is -0.0879. The molecule has 5 N–H and O–H groups in total. The van der Waals surface area contributed by atoms with E-state index in [2.05, 4.69) is 71.3 Å². The van der Waals surface area contributed by atoms with Crippen LogP contribution in [0, 0.1) is 17.8 Å². The summed E-state index contributed by atoms with van der Waals surface area (Å²) in [5.74, 6) is 1.76. The van der Waals surface area contributed by atoms with E-state index in [9.17, 15) is 0 Å². The molecule has 0 unspecified atom stereocenters. The second-order valence-electron chi connectivity index (χ2n) is 13.0. The van der Waals surface area contributed by atoms with Crippen LogP contribution in [0.25, 0.3) is 0 Å². The molecule has 0 amide bonds. The number of hydrogen-bond acceptors (Lipinski definition) is 4. The highest BCUT2D eigenvalue weighted by atomic mass is 15.1. The van der Waals surface area contributed by atoms with Gasteiger partial charge in [0.05, 0.1) is 0 Å². The van der Waals surface area contributed by atoms with E-state index in [1.807, 2.05) is 0 Å². The van der Waals surface area contributed by atoms with Gasteiger partial charge in [0.15, 0.2) is 0 Å². The lowest BCUT2D eigenvalue weighted by atomic mass is 9.54. The van der Waals surface area contributed by atoms with Crippen LogP contribution in [0.15, 0.2) is 0 Å². The molecule has 4 heteroatoms. The Labute approximate surface area is 174 Å². The Bertz CT molecular complexity index is 487. The molecule has 0 atom stereocenters. The highest BCUT2D eigenvalue weighted by Gasteiger charge is 2.55. The van der Waals surface area contributed by atoms with E-state index in [1.165, 1.54) is 38.5 Å². The van der Waals surface area contributed by atoms with Crippen molar-refractivity contribution in [2.24, 2.45) is 23.5 Å². The summed E-state index contributed by atoms with van der Waals surface area (Å²) in [6.07, 6.45) is 7.19. The van der Waals surface area contributed by atoms with Crippen molar-refractivity contribution in [3.8, 4) is 0 Å². The maximum atomic E-state index is 7.72. The molecule has 0 aromatic heterocycles. The predicted molar refractivity (Wildman–Crippen MR) is 121 cm³/mol. The van der Waals surface area contributed by atoms with Gasteiger partial charge in [-0.2, -0.15) is 0 Å². The van der Waals surface area contributed by atoms with Crippen molar-refractivity contribution in [1.82, 2.24) is 16.0 Å². The molecule has 28 heavy (non-hydrogen) atoms. The Morgan fingerprint density at radius 3 is 1.25 bits per heavy atom. The fourth-order valence-electron chi connectivity index (χ4n) is 7.67. The molecule has 0 aromatic rings. The SMILES string of the molecule is CC1(C)CC(C(N)(C2CCNCC2)C2CC(C)(C)NC(C)(C)C2)CC(C)(C)N1. The molecule has 0 spiro atoms. The van der Waals surface area contributed by atoms with E-state index in [4.69, 9.17) is 5.73 Å². The van der Waals surface area contributed by atoms with Gasteiger partial charge in [0.25, 0.3) is 0 Å². The molecule has 3 heterocycles. The van der Waals surface area contributed by atoms with E-state index in [-0.39, 0.29) is 27.7 Å². The quantitative estimate of drug-likeness (QED) is 0.590. The van der Waals surface area contributed by atoms with Crippen LogP contribution < -0.4 is 21.7 Å². The first-order valence-corrected chi connectivity index (χ1v) is 11.7. The normalized spacial score (nSPS) is 31.6. The topological polar surface area (TPSA) is 62.1 Å². The first kappa shape index (κ1) is 22.5. The van der Waals surface area contributed by atoms with E-state index in [0.717, 1.165) is 13.1 Å². The lowest BCUT2D eigenvalue weighted by Crippen LogP contribution is -2.71. The van der Waals surface area contributed by atoms with E-state index in [0.29, 0.717) is 17.8 Å². The molecule has 0 bridgehead atoms. The predicted octanol–water partition coefficient (Wildman–Crippen LogP) is 3.80. The minimum absolute atomic E-state index is 0.0879. The highest BCUT2D eigenvalue weighted by Crippen LogP contribution is 2.51. The molecule has 0 aliphatic carbocycles. The Morgan fingerprint density at radius 1 is 0.607 bits per heavy atom. The third-order valence-electron chi connectivity index (χ3n) is 7.84. The maximum absolute atomic E-state index is 7.72. The van der Waals surface area contributed by atoms with Gasteiger partial charge in [-0.3, -0.25) is 0 Å². The van der Waals surface area contributed by atoms with Crippen molar-refractivity contribution in [2.75, 3.05) is 13.1 Å². The van der Waals surface area contributed by atoms with Crippen LogP contribution in [0.4, 0.5) is 0 Å². The highest BCUT2D eigenvalue weighted by molar-refractivity contribution is 5.13. The zero-order chi connectivity index (χ0) is 21.0. The van der Waals surface area contributed by atoms with E-state index < -0.39 is 0 Å². The molecule has 0 radical (unpaired) electrons. The van der Waals surface area contributed by atoms with Crippen LogP contribution in [-0.2, 0) is 0 Å². The van der Waals surface area contributed by atoms with Gasteiger partial charge in [0, 0.05) is 27.7 Å². The molecule has 3 saturated heterocycles. The fraction of sp³-hybridized carbons (Fsp3) is 1.00. The summed E-state index contributed by atoms with van der Waals surface area (Å²) in [6, 6.07) is 0. The summed E-state index contributed by atoms with van der Waals surface area (Å²) in [5, 5.41) is 11.4. The van der Waals surface area contributed by atoms with Gasteiger partial charge in [-0.1, -0.05) is 0 Å². The first-order chi connectivity index (χ1) is 12.6. The lowest BCUT2D eigenvalue weighted by molar-refractivity contribution is -0.0307. The number of hydrogen-bond donors (Lipinski definition) is 4. The average Bonchev–Trinajstić information content (AvgIpc) is 2.49. The smallest absolute Gasteiger partial charge is 0.0243 e. The number of rotatable bonds is 3. The monoisotopic (exact) mass is 392 g/mol. The average molecular weight is 393 g/mol. The van der Waals surface area contributed by atoms with Gasteiger partial charge in [-0.15, -0.1) is 0 Å².